The zero-order chi connectivity index (χ0) is 15.0. The average molecular weight is 293 g/mol. The van der Waals surface area contributed by atoms with Crippen LogP contribution in [0.5, 0.6) is 0 Å². The third-order valence-electron chi connectivity index (χ3n) is 4.73. The van der Waals surface area contributed by atoms with Crippen LogP contribution in [0.1, 0.15) is 46.5 Å². The maximum absolute atomic E-state index is 12.3. The van der Waals surface area contributed by atoms with Crippen LogP contribution in [0.15, 0.2) is 0 Å². The average Bonchev–Trinajstić information content (AvgIpc) is 2.84. The van der Waals surface area contributed by atoms with Gasteiger partial charge in [0.1, 0.15) is 6.61 Å². The van der Waals surface area contributed by atoms with Crippen LogP contribution in [-0.2, 0) is 4.74 Å². The number of alkyl halides is 3. The lowest BCUT2D eigenvalue weighted by molar-refractivity contribution is -0.183. The Morgan fingerprint density at radius 1 is 1.20 bits per heavy atom. The van der Waals surface area contributed by atoms with Gasteiger partial charge in [0.2, 0.25) is 0 Å². The minimum atomic E-state index is -4.23. The molecule has 0 aromatic rings. The molecule has 2 saturated carbocycles. The largest absolute Gasteiger partial charge is 0.411 e. The van der Waals surface area contributed by atoms with Crippen molar-refractivity contribution in [1.82, 2.24) is 5.32 Å². The molecular formula is C15H26F3NO. The van der Waals surface area contributed by atoms with Crippen LogP contribution < -0.4 is 5.32 Å². The second-order valence-corrected chi connectivity index (χ2v) is 7.65. The molecule has 0 spiro atoms. The summed E-state index contributed by atoms with van der Waals surface area (Å²) in [5.74, 6) is 1.21. The first kappa shape index (κ1) is 16.1. The molecule has 20 heavy (non-hydrogen) atoms. The van der Waals surface area contributed by atoms with Crippen LogP contribution in [0.3, 0.4) is 0 Å². The summed E-state index contributed by atoms with van der Waals surface area (Å²) in [5, 5.41) is 3.48. The van der Waals surface area contributed by atoms with Crippen LogP contribution in [0.25, 0.3) is 0 Å². The summed E-state index contributed by atoms with van der Waals surface area (Å²) in [5.41, 5.74) is -0.111. The predicted molar refractivity (Wildman–Crippen MR) is 72.5 cm³/mol. The van der Waals surface area contributed by atoms with Gasteiger partial charge in [-0.2, -0.15) is 13.2 Å². The first-order valence-electron chi connectivity index (χ1n) is 7.49. The van der Waals surface area contributed by atoms with Crippen molar-refractivity contribution < 1.29 is 17.9 Å². The van der Waals surface area contributed by atoms with Gasteiger partial charge in [-0.25, -0.2) is 0 Å². The van der Waals surface area contributed by atoms with E-state index in [1.165, 1.54) is 12.8 Å². The molecule has 3 atom stereocenters. The molecule has 5 heteroatoms. The number of halogens is 3. The van der Waals surface area contributed by atoms with Crippen molar-refractivity contribution in [2.45, 2.75) is 58.2 Å². The number of ether oxygens (including phenoxy) is 1. The molecule has 0 saturated heterocycles. The second kappa shape index (κ2) is 5.48. The highest BCUT2D eigenvalue weighted by atomic mass is 19.4. The smallest absolute Gasteiger partial charge is 0.371 e. The molecule has 118 valence electrons. The highest BCUT2D eigenvalue weighted by molar-refractivity contribution is 5.02. The highest BCUT2D eigenvalue weighted by Crippen LogP contribution is 2.56. The summed E-state index contributed by atoms with van der Waals surface area (Å²) in [6.45, 7) is 6.13. The monoisotopic (exact) mass is 293 g/mol. The van der Waals surface area contributed by atoms with Gasteiger partial charge in [0.25, 0.3) is 0 Å². The molecule has 2 fully saturated rings. The molecule has 1 N–H and O–H groups in total. The normalized spacial score (nSPS) is 33.9. The molecule has 0 radical (unpaired) electrons. The van der Waals surface area contributed by atoms with Crippen LogP contribution in [-0.4, -0.2) is 31.5 Å². The molecule has 2 aliphatic rings. The third-order valence-corrected chi connectivity index (χ3v) is 4.73. The van der Waals surface area contributed by atoms with Gasteiger partial charge in [-0.3, -0.25) is 0 Å². The van der Waals surface area contributed by atoms with Crippen molar-refractivity contribution in [3.8, 4) is 0 Å². The van der Waals surface area contributed by atoms with Gasteiger partial charge in [0, 0.05) is 17.5 Å². The molecular weight excluding hydrogens is 267 g/mol. The van der Waals surface area contributed by atoms with Crippen molar-refractivity contribution in [2.24, 2.45) is 17.3 Å². The predicted octanol–water partition coefficient (Wildman–Crippen LogP) is 3.76. The molecule has 2 bridgehead atoms. The summed E-state index contributed by atoms with van der Waals surface area (Å²) in [6, 6.07) is 0. The lowest BCUT2D eigenvalue weighted by Gasteiger charge is -2.40. The number of hydrogen-bond donors (Lipinski definition) is 1. The summed E-state index contributed by atoms with van der Waals surface area (Å²) in [7, 11) is 0. The molecule has 0 aromatic carbocycles. The summed E-state index contributed by atoms with van der Waals surface area (Å²) in [4.78, 5) is 0. The van der Waals surface area contributed by atoms with E-state index in [1.807, 2.05) is 0 Å². The summed E-state index contributed by atoms with van der Waals surface area (Å²) in [6.07, 6.45) is 0.336. The van der Waals surface area contributed by atoms with Crippen LogP contribution >= 0.6 is 0 Å². The molecule has 0 aliphatic heterocycles. The maximum atomic E-state index is 12.3. The number of fused-ring (bicyclic) bond motifs is 2. The minimum Gasteiger partial charge on any atom is -0.371 e. The van der Waals surface area contributed by atoms with E-state index in [4.69, 9.17) is 4.74 Å². The second-order valence-electron chi connectivity index (χ2n) is 7.65. The topological polar surface area (TPSA) is 21.3 Å². The van der Waals surface area contributed by atoms with E-state index in [0.29, 0.717) is 11.8 Å². The lowest BCUT2D eigenvalue weighted by atomic mass is 9.73. The SMILES string of the molecule is CC(C)(C)NCC1(COCC(F)(F)F)CC2CCC1C2. The Labute approximate surface area is 119 Å². The van der Waals surface area contributed by atoms with E-state index < -0.39 is 12.8 Å². The molecule has 3 unspecified atom stereocenters. The van der Waals surface area contributed by atoms with Gasteiger partial charge in [-0.05, 0) is 51.9 Å². The van der Waals surface area contributed by atoms with Gasteiger partial charge in [-0.15, -0.1) is 0 Å². The first-order chi connectivity index (χ1) is 9.10. The Hall–Kier alpha value is -0.290. The summed E-state index contributed by atoms with van der Waals surface area (Å²) >= 11 is 0. The van der Waals surface area contributed by atoms with Gasteiger partial charge >= 0.3 is 6.18 Å². The van der Waals surface area contributed by atoms with Crippen molar-refractivity contribution in [1.29, 1.82) is 0 Å². The number of rotatable bonds is 5. The van der Waals surface area contributed by atoms with E-state index in [1.54, 1.807) is 0 Å². The van der Waals surface area contributed by atoms with Gasteiger partial charge in [0.15, 0.2) is 0 Å². The van der Waals surface area contributed by atoms with Crippen molar-refractivity contribution in [3.05, 3.63) is 0 Å². The van der Waals surface area contributed by atoms with Crippen LogP contribution in [0, 0.1) is 17.3 Å². The van der Waals surface area contributed by atoms with E-state index >= 15 is 0 Å². The Bertz CT molecular complexity index is 337. The van der Waals surface area contributed by atoms with Gasteiger partial charge in [-0.1, -0.05) is 6.42 Å². The molecule has 0 aromatic heterocycles. The summed E-state index contributed by atoms with van der Waals surface area (Å²) < 4.78 is 41.9. The van der Waals surface area contributed by atoms with Crippen molar-refractivity contribution in [3.63, 3.8) is 0 Å². The lowest BCUT2D eigenvalue weighted by Crippen LogP contribution is -2.48. The fourth-order valence-electron chi connectivity index (χ4n) is 3.81. The standard InChI is InChI=1S/C15H26F3NO/c1-13(2,3)19-8-14(9-20-10-15(16,17)18)7-11-4-5-12(14)6-11/h11-12,19H,4-10H2,1-3H3. The van der Waals surface area contributed by atoms with E-state index in [2.05, 4.69) is 26.1 Å². The first-order valence-corrected chi connectivity index (χ1v) is 7.49. The quantitative estimate of drug-likeness (QED) is 0.833. The zero-order valence-corrected chi connectivity index (χ0v) is 12.6. The van der Waals surface area contributed by atoms with Gasteiger partial charge in [0.05, 0.1) is 6.61 Å². The highest BCUT2D eigenvalue weighted by Gasteiger charge is 2.51. The maximum Gasteiger partial charge on any atom is 0.411 e. The Kier molecular flexibility index (Phi) is 4.41. The van der Waals surface area contributed by atoms with Crippen LogP contribution in [0.2, 0.25) is 0 Å². The third kappa shape index (κ3) is 4.10. The van der Waals surface area contributed by atoms with Gasteiger partial charge < -0.3 is 10.1 Å². The molecule has 2 aliphatic carbocycles. The fourth-order valence-corrected chi connectivity index (χ4v) is 3.81. The molecule has 2 nitrogen and oxygen atoms in total. The molecule has 2 rings (SSSR count). The fraction of sp³-hybridized carbons (Fsp3) is 1.00. The number of hydrogen-bond acceptors (Lipinski definition) is 2. The van der Waals surface area contributed by atoms with E-state index in [0.717, 1.165) is 19.4 Å². The molecule has 0 amide bonds. The van der Waals surface area contributed by atoms with E-state index in [9.17, 15) is 13.2 Å². The molecule has 0 heterocycles. The Balaban J connectivity index is 1.95. The van der Waals surface area contributed by atoms with Crippen LogP contribution in [0.4, 0.5) is 13.2 Å². The van der Waals surface area contributed by atoms with Crippen molar-refractivity contribution >= 4 is 0 Å². The van der Waals surface area contributed by atoms with Crippen molar-refractivity contribution in [2.75, 3.05) is 19.8 Å². The zero-order valence-electron chi connectivity index (χ0n) is 12.6. The number of nitrogens with one attached hydrogen (secondary N) is 1. The van der Waals surface area contributed by atoms with E-state index in [-0.39, 0.29) is 17.6 Å². The Morgan fingerprint density at radius 3 is 2.35 bits per heavy atom. The Morgan fingerprint density at radius 2 is 1.90 bits per heavy atom. The minimum absolute atomic E-state index is 0.0150.